The Balaban J connectivity index is 3.09. The molecule has 1 heterocycles. The molecular formula is C8H13ClN2O3S. The predicted molar refractivity (Wildman–Crippen MR) is 57.3 cm³/mol. The highest BCUT2D eigenvalue weighted by Crippen LogP contribution is 2.21. The molecule has 5 nitrogen and oxygen atoms in total. The van der Waals surface area contributed by atoms with E-state index in [-0.39, 0.29) is 11.8 Å². The van der Waals surface area contributed by atoms with Crippen LogP contribution in [0.5, 0.6) is 0 Å². The lowest BCUT2D eigenvalue weighted by atomic mass is 10.4. The van der Waals surface area contributed by atoms with Crippen molar-refractivity contribution in [2.24, 2.45) is 0 Å². The molecule has 1 aromatic rings. The fraction of sp³-hybridized carbons (Fsp3) is 0.625. The molecule has 0 aliphatic rings. The van der Waals surface area contributed by atoms with Crippen LogP contribution in [0.4, 0.5) is 0 Å². The van der Waals surface area contributed by atoms with Crippen molar-refractivity contribution in [3.63, 3.8) is 0 Å². The molecule has 0 radical (unpaired) electrons. The number of hydrogen-bond acceptors (Lipinski definition) is 4. The van der Waals surface area contributed by atoms with Crippen LogP contribution in [0.3, 0.4) is 0 Å². The second kappa shape index (κ2) is 4.51. The molecular weight excluding hydrogens is 240 g/mol. The molecule has 0 unspecified atom stereocenters. The lowest BCUT2D eigenvalue weighted by Crippen LogP contribution is -2.13. The predicted octanol–water partition coefficient (Wildman–Crippen LogP) is 1.59. The first kappa shape index (κ1) is 12.5. The smallest absolute Gasteiger partial charge is 0.272 e. The van der Waals surface area contributed by atoms with Crippen molar-refractivity contribution >= 4 is 21.7 Å². The summed E-state index contributed by atoms with van der Waals surface area (Å²) >= 11 is 5.85. The van der Waals surface area contributed by atoms with E-state index in [2.05, 4.69) is 9.28 Å². The molecule has 0 amide bonds. The lowest BCUT2D eigenvalue weighted by Gasteiger charge is -2.10. The van der Waals surface area contributed by atoms with Crippen LogP contribution in [0.25, 0.3) is 0 Å². The first-order chi connectivity index (χ1) is 6.87. The number of aromatic nitrogens is 2. The lowest BCUT2D eigenvalue weighted by molar-refractivity contribution is 0.394. The molecule has 0 spiro atoms. The molecule has 7 heteroatoms. The molecule has 86 valence electrons. The molecule has 1 aromatic heterocycles. The molecule has 0 saturated carbocycles. The molecule has 0 bridgehead atoms. The molecule has 15 heavy (non-hydrogen) atoms. The Bertz CT molecular complexity index is 439. The van der Waals surface area contributed by atoms with Gasteiger partial charge in [0.15, 0.2) is 0 Å². The average molecular weight is 253 g/mol. The van der Waals surface area contributed by atoms with Crippen molar-refractivity contribution in [3.05, 3.63) is 16.9 Å². The van der Waals surface area contributed by atoms with Crippen LogP contribution in [-0.4, -0.2) is 25.3 Å². The average Bonchev–Trinajstić information content (AvgIpc) is 2.48. The molecule has 0 atom stereocenters. The summed E-state index contributed by atoms with van der Waals surface area (Å²) in [5.74, 6) is -0.263. The fourth-order valence-electron chi connectivity index (χ4n) is 1.17. The zero-order valence-corrected chi connectivity index (χ0v) is 10.3. The van der Waals surface area contributed by atoms with Crippen LogP contribution in [0.2, 0.25) is 5.02 Å². The van der Waals surface area contributed by atoms with Gasteiger partial charge in [-0.05, 0) is 13.8 Å². The van der Waals surface area contributed by atoms with E-state index in [1.54, 1.807) is 4.68 Å². The second-order valence-electron chi connectivity index (χ2n) is 3.35. The van der Waals surface area contributed by atoms with Crippen LogP contribution in [0.15, 0.2) is 6.20 Å². The van der Waals surface area contributed by atoms with Gasteiger partial charge in [0, 0.05) is 6.04 Å². The minimum atomic E-state index is -3.57. The summed E-state index contributed by atoms with van der Waals surface area (Å²) in [6.45, 7) is 3.79. The van der Waals surface area contributed by atoms with Crippen molar-refractivity contribution in [2.45, 2.75) is 25.6 Å². The van der Waals surface area contributed by atoms with Gasteiger partial charge in [-0.1, -0.05) is 11.6 Å². The standard InChI is InChI=1S/C8H13ClN2O3S/c1-6(2)11-8(7(9)4-10-11)5-15(12,13)14-3/h4,6H,5H2,1-3H3. The summed E-state index contributed by atoms with van der Waals surface area (Å²) < 4.78 is 28.5. The van der Waals surface area contributed by atoms with Gasteiger partial charge in [-0.2, -0.15) is 13.5 Å². The van der Waals surface area contributed by atoms with Crippen LogP contribution >= 0.6 is 11.6 Å². The SMILES string of the molecule is COS(=O)(=O)Cc1c(Cl)cnn1C(C)C. The summed E-state index contributed by atoms with van der Waals surface area (Å²) in [4.78, 5) is 0. The molecule has 0 saturated heterocycles. The van der Waals surface area contributed by atoms with Gasteiger partial charge in [0.2, 0.25) is 0 Å². The third-order valence-electron chi connectivity index (χ3n) is 1.90. The van der Waals surface area contributed by atoms with Gasteiger partial charge in [0.25, 0.3) is 10.1 Å². The van der Waals surface area contributed by atoms with Gasteiger partial charge in [-0.3, -0.25) is 8.86 Å². The minimum absolute atomic E-state index is 0.0551. The molecule has 0 fully saturated rings. The summed E-state index contributed by atoms with van der Waals surface area (Å²) in [5.41, 5.74) is 0.452. The Hall–Kier alpha value is -0.590. The number of hydrogen-bond donors (Lipinski definition) is 0. The van der Waals surface area contributed by atoms with Gasteiger partial charge < -0.3 is 0 Å². The van der Waals surface area contributed by atoms with Crippen molar-refractivity contribution < 1.29 is 12.6 Å². The van der Waals surface area contributed by atoms with Crippen LogP contribution in [-0.2, 0) is 20.1 Å². The van der Waals surface area contributed by atoms with Gasteiger partial charge >= 0.3 is 0 Å². The van der Waals surface area contributed by atoms with Crippen LogP contribution in [0, 0.1) is 0 Å². The number of nitrogens with zero attached hydrogens (tertiary/aromatic N) is 2. The monoisotopic (exact) mass is 252 g/mol. The summed E-state index contributed by atoms with van der Waals surface area (Å²) in [6, 6.07) is 0.0551. The zero-order valence-electron chi connectivity index (χ0n) is 8.77. The summed E-state index contributed by atoms with van der Waals surface area (Å²) in [7, 11) is -2.44. The molecule has 0 aliphatic heterocycles. The van der Waals surface area contributed by atoms with Gasteiger partial charge in [0.1, 0.15) is 5.75 Å². The van der Waals surface area contributed by atoms with E-state index in [1.807, 2.05) is 13.8 Å². The van der Waals surface area contributed by atoms with Crippen molar-refractivity contribution in [1.82, 2.24) is 9.78 Å². The van der Waals surface area contributed by atoms with Gasteiger partial charge in [-0.25, -0.2) is 0 Å². The second-order valence-corrected chi connectivity index (χ2v) is 5.49. The Morgan fingerprint density at radius 3 is 2.67 bits per heavy atom. The van der Waals surface area contributed by atoms with Gasteiger partial charge in [-0.15, -0.1) is 0 Å². The highest BCUT2D eigenvalue weighted by atomic mass is 35.5. The zero-order chi connectivity index (χ0) is 11.6. The minimum Gasteiger partial charge on any atom is -0.273 e. The van der Waals surface area contributed by atoms with E-state index in [9.17, 15) is 8.42 Å². The summed E-state index contributed by atoms with van der Waals surface area (Å²) in [5, 5.41) is 4.34. The topological polar surface area (TPSA) is 61.2 Å². The maximum absolute atomic E-state index is 11.3. The number of rotatable bonds is 4. The maximum Gasteiger partial charge on any atom is 0.272 e. The van der Waals surface area contributed by atoms with Crippen molar-refractivity contribution in [3.8, 4) is 0 Å². The van der Waals surface area contributed by atoms with E-state index in [0.717, 1.165) is 7.11 Å². The third-order valence-corrected chi connectivity index (χ3v) is 3.35. The van der Waals surface area contributed by atoms with Crippen LogP contribution < -0.4 is 0 Å². The Morgan fingerprint density at radius 2 is 2.20 bits per heavy atom. The van der Waals surface area contributed by atoms with Crippen molar-refractivity contribution in [1.29, 1.82) is 0 Å². The fourth-order valence-corrected chi connectivity index (χ4v) is 2.19. The molecule has 1 rings (SSSR count). The Kier molecular flexibility index (Phi) is 3.75. The van der Waals surface area contributed by atoms with E-state index in [1.165, 1.54) is 6.20 Å². The first-order valence-corrected chi connectivity index (χ1v) is 6.33. The first-order valence-electron chi connectivity index (χ1n) is 4.37. The van der Waals surface area contributed by atoms with E-state index in [4.69, 9.17) is 11.6 Å². The Morgan fingerprint density at radius 1 is 1.60 bits per heavy atom. The largest absolute Gasteiger partial charge is 0.273 e. The van der Waals surface area contributed by atoms with E-state index >= 15 is 0 Å². The van der Waals surface area contributed by atoms with E-state index in [0.29, 0.717) is 10.7 Å². The Labute approximate surface area is 94.1 Å². The highest BCUT2D eigenvalue weighted by Gasteiger charge is 2.19. The van der Waals surface area contributed by atoms with Crippen molar-refractivity contribution in [2.75, 3.05) is 7.11 Å². The maximum atomic E-state index is 11.3. The number of halogens is 1. The normalized spacial score (nSPS) is 12.3. The molecule has 0 aliphatic carbocycles. The highest BCUT2D eigenvalue weighted by molar-refractivity contribution is 7.85. The van der Waals surface area contributed by atoms with Crippen LogP contribution in [0.1, 0.15) is 25.6 Å². The molecule has 0 aromatic carbocycles. The molecule has 0 N–H and O–H groups in total. The quantitative estimate of drug-likeness (QED) is 0.764. The van der Waals surface area contributed by atoms with Gasteiger partial charge in [0.05, 0.1) is 24.0 Å². The van der Waals surface area contributed by atoms with E-state index < -0.39 is 10.1 Å². The summed E-state index contributed by atoms with van der Waals surface area (Å²) in [6.07, 6.45) is 1.43. The third kappa shape index (κ3) is 2.93.